The molecule has 3 aliphatic rings. The second-order valence-electron chi connectivity index (χ2n) is 17.7. The predicted molar refractivity (Wildman–Crippen MR) is 195 cm³/mol. The first-order valence-corrected chi connectivity index (χ1v) is 19.2. The molecule has 0 saturated carbocycles. The van der Waals surface area contributed by atoms with Crippen molar-refractivity contribution in [3.05, 3.63) is 5.21 Å². The Balaban J connectivity index is 2.22. The molecule has 3 aliphatic heterocycles. The molecule has 0 aliphatic carbocycles. The van der Waals surface area contributed by atoms with Crippen LogP contribution in [0.15, 0.2) is 5.16 Å². The predicted octanol–water partition coefficient (Wildman–Crippen LogP) is 3.33. The molecule has 0 spiro atoms. The highest BCUT2D eigenvalue weighted by molar-refractivity contribution is 5.88. The van der Waals surface area contributed by atoms with Crippen molar-refractivity contribution >= 4 is 11.7 Å². The van der Waals surface area contributed by atoms with Crippen molar-refractivity contribution in [1.29, 1.82) is 0 Å². The van der Waals surface area contributed by atoms with Crippen molar-refractivity contribution in [3.8, 4) is 0 Å². The molecule has 15 nitrogen and oxygen atoms in total. The first-order chi connectivity index (χ1) is 24.3. The van der Waals surface area contributed by atoms with Gasteiger partial charge < -0.3 is 63.9 Å². The second-order valence-corrected chi connectivity index (χ2v) is 17.7. The highest BCUT2D eigenvalue weighted by atomic mass is 16.7. The fourth-order valence-corrected chi connectivity index (χ4v) is 9.07. The summed E-state index contributed by atoms with van der Waals surface area (Å²) in [7, 11) is 4.44. The number of ether oxygens (including phenoxy) is 6. The monoisotopic (exact) mass is 762 g/mol. The molecule has 3 fully saturated rings. The van der Waals surface area contributed by atoms with E-state index in [9.17, 15) is 35.6 Å². The number of aliphatic hydroxyl groups excluding tert-OH is 3. The molecule has 3 rings (SSSR count). The van der Waals surface area contributed by atoms with Crippen LogP contribution in [-0.4, -0.2) is 142 Å². The lowest BCUT2D eigenvalue weighted by atomic mass is 9.69. The minimum atomic E-state index is -1.93. The van der Waals surface area contributed by atoms with Gasteiger partial charge in [0.25, 0.3) is 0 Å². The van der Waals surface area contributed by atoms with Crippen molar-refractivity contribution in [1.82, 2.24) is 0 Å². The summed E-state index contributed by atoms with van der Waals surface area (Å²) >= 11 is 0. The Kier molecular flexibility index (Phi) is 15.0. The van der Waals surface area contributed by atoms with E-state index in [4.69, 9.17) is 28.4 Å². The van der Waals surface area contributed by atoms with Crippen LogP contribution in [0.4, 0.5) is 0 Å². The average molecular weight is 763 g/mol. The normalized spacial score (nSPS) is 47.5. The number of hydroxylamine groups is 3. The van der Waals surface area contributed by atoms with E-state index in [0.717, 1.165) is 0 Å². The van der Waals surface area contributed by atoms with E-state index in [0.29, 0.717) is 12.8 Å². The number of quaternary nitrogens is 1. The van der Waals surface area contributed by atoms with Crippen molar-refractivity contribution in [2.45, 2.75) is 181 Å². The molecule has 0 aromatic carbocycles. The average Bonchev–Trinajstić information content (AvgIpc) is 3.06. The summed E-state index contributed by atoms with van der Waals surface area (Å²) in [4.78, 5) is 14.2. The Morgan fingerprint density at radius 3 is 2.08 bits per heavy atom. The van der Waals surface area contributed by atoms with E-state index >= 15 is 0 Å². The summed E-state index contributed by atoms with van der Waals surface area (Å²) in [5.74, 6) is -3.69. The van der Waals surface area contributed by atoms with Crippen LogP contribution in [0.25, 0.3) is 0 Å². The van der Waals surface area contributed by atoms with Crippen LogP contribution in [0, 0.1) is 34.3 Å². The van der Waals surface area contributed by atoms with Gasteiger partial charge in [-0.2, -0.15) is 0 Å². The highest BCUT2D eigenvalue weighted by Gasteiger charge is 2.53. The van der Waals surface area contributed by atoms with E-state index in [2.05, 4.69) is 5.16 Å². The molecule has 3 heterocycles. The van der Waals surface area contributed by atoms with E-state index in [1.165, 1.54) is 28.1 Å². The zero-order valence-electron chi connectivity index (χ0n) is 34.4. The van der Waals surface area contributed by atoms with Crippen LogP contribution in [-0.2, 0) is 33.2 Å². The molecule has 310 valence electrons. The number of likely N-dealkylation sites (N-methyl/N-ethyl adjacent to an activating group) is 1. The summed E-state index contributed by atoms with van der Waals surface area (Å²) in [5, 5.41) is 72.9. The van der Waals surface area contributed by atoms with Gasteiger partial charge in [-0.05, 0) is 58.8 Å². The molecule has 0 bridgehead atoms. The summed E-state index contributed by atoms with van der Waals surface area (Å²) < 4.78 is 36.9. The van der Waals surface area contributed by atoms with Gasteiger partial charge in [0, 0.05) is 31.8 Å². The maximum Gasteiger partial charge on any atom is 0.311 e. The fraction of sp³-hybridized carbons (Fsp3) is 0.947. The maximum atomic E-state index is 14.2. The number of rotatable bonds is 7. The van der Waals surface area contributed by atoms with Gasteiger partial charge >= 0.3 is 5.97 Å². The zero-order valence-corrected chi connectivity index (χ0v) is 34.4. The van der Waals surface area contributed by atoms with Gasteiger partial charge in [0.05, 0.1) is 61.8 Å². The number of aliphatic hydroxyl groups is 4. The van der Waals surface area contributed by atoms with Gasteiger partial charge in [0.2, 0.25) is 0 Å². The van der Waals surface area contributed by atoms with Crippen LogP contribution in [0.2, 0.25) is 0 Å². The quantitative estimate of drug-likeness (QED) is 0.109. The largest absolute Gasteiger partial charge is 0.633 e. The molecule has 0 amide bonds. The molecule has 17 atom stereocenters. The van der Waals surface area contributed by atoms with Crippen LogP contribution < -0.4 is 0 Å². The molecule has 0 aromatic rings. The molecule has 0 radical (unpaired) electrons. The summed E-state index contributed by atoms with van der Waals surface area (Å²) in [6, 6.07) is -0.745. The molecule has 53 heavy (non-hydrogen) atoms. The Morgan fingerprint density at radius 1 is 0.943 bits per heavy atom. The van der Waals surface area contributed by atoms with Gasteiger partial charge in [-0.15, -0.1) is 0 Å². The van der Waals surface area contributed by atoms with Crippen LogP contribution >= 0.6 is 0 Å². The lowest BCUT2D eigenvalue weighted by Crippen LogP contribution is -2.62. The number of nitrogens with zero attached hydrogens (tertiary/aromatic N) is 2. The van der Waals surface area contributed by atoms with E-state index < -0.39 is 118 Å². The number of oxime groups is 1. The topological polar surface area (TPSA) is 209 Å². The van der Waals surface area contributed by atoms with Gasteiger partial charge in [0.1, 0.15) is 23.9 Å². The van der Waals surface area contributed by atoms with Crippen molar-refractivity contribution in [2.75, 3.05) is 21.2 Å². The van der Waals surface area contributed by atoms with Crippen LogP contribution in [0.5, 0.6) is 0 Å². The smallest absolute Gasteiger partial charge is 0.311 e. The summed E-state index contributed by atoms with van der Waals surface area (Å²) in [6.07, 6.45) is -9.06. The first-order valence-electron chi connectivity index (χ1n) is 19.2. The lowest BCUT2D eigenvalue weighted by Gasteiger charge is -2.51. The zero-order chi connectivity index (χ0) is 40.6. The molecule has 5 N–H and O–H groups in total. The number of carbonyl (C=O) groups is 1. The molecule has 0 aromatic heterocycles. The van der Waals surface area contributed by atoms with Gasteiger partial charge in [-0.3, -0.25) is 4.79 Å². The Bertz CT molecular complexity index is 1240. The van der Waals surface area contributed by atoms with Gasteiger partial charge in [0.15, 0.2) is 18.7 Å². The van der Waals surface area contributed by atoms with Gasteiger partial charge in [-0.1, -0.05) is 46.7 Å². The van der Waals surface area contributed by atoms with E-state index in [1.807, 2.05) is 34.6 Å². The number of hydrogen-bond acceptors (Lipinski definition) is 14. The molecular formula is C38H70N2O13. The molecule has 15 heteroatoms. The first kappa shape index (κ1) is 45.9. The van der Waals surface area contributed by atoms with Crippen molar-refractivity contribution in [3.63, 3.8) is 0 Å². The highest BCUT2D eigenvalue weighted by Crippen LogP contribution is 2.44. The molecule has 2 unspecified atom stereocenters. The van der Waals surface area contributed by atoms with Crippen LogP contribution in [0.1, 0.15) is 102 Å². The number of hydrogen-bond donors (Lipinski definition) is 5. The Hall–Kier alpha value is -1.50. The minimum absolute atomic E-state index is 0.124. The summed E-state index contributed by atoms with van der Waals surface area (Å²) in [6.45, 7) is 19.3. The van der Waals surface area contributed by atoms with E-state index in [1.54, 1.807) is 34.6 Å². The van der Waals surface area contributed by atoms with Crippen LogP contribution in [0.3, 0.4) is 0 Å². The lowest BCUT2D eigenvalue weighted by molar-refractivity contribution is -0.874. The maximum absolute atomic E-state index is 14.2. The Labute approximate surface area is 316 Å². The third-order valence-corrected chi connectivity index (χ3v) is 12.4. The fourth-order valence-electron chi connectivity index (χ4n) is 9.07. The van der Waals surface area contributed by atoms with E-state index in [-0.39, 0.29) is 18.6 Å². The number of cyclic esters (lactones) is 1. The number of methoxy groups -OCH3 is 1. The van der Waals surface area contributed by atoms with Gasteiger partial charge in [-0.25, -0.2) is 0 Å². The number of esters is 1. The standard InChI is InChI=1S/C38H70N2O13/c1-15-26-38(11,45)31(42)21(4)28(39-46)19(2)17-36(8,9)33(53-35-29(41)25(40(12,13)47)16-20(3)49-35)22(5)30(23(6)34(44)51-26)52-27-18-37(10,48-14)32(43)24(7)50-27/h19-27,29-33,35,41-43,45-46H,15-18H2,1-14H3/b39-28-/t19-,20-,21+,22+,23-,24+,25+,26-,27?,29-,30+,31-,32+,33-,35?,37-,38-/m1/s1. The van der Waals surface area contributed by atoms with Crippen molar-refractivity contribution in [2.24, 2.45) is 34.2 Å². The second kappa shape index (κ2) is 17.3. The Morgan fingerprint density at radius 2 is 1.55 bits per heavy atom. The molecule has 3 saturated heterocycles. The summed E-state index contributed by atoms with van der Waals surface area (Å²) in [5.41, 5.74) is -3.58. The minimum Gasteiger partial charge on any atom is -0.633 e. The third-order valence-electron chi connectivity index (χ3n) is 12.4. The van der Waals surface area contributed by atoms with Crippen molar-refractivity contribution < 1.29 is 63.5 Å². The third kappa shape index (κ3) is 9.91. The number of carbonyl (C=O) groups excluding carboxylic acids is 1. The SMILES string of the molecule is CC[C@H]1OC(=O)[C@H](C)[C@@H](OC2C[C@@](C)(OC)[C@@H](O)[C@H](C)O2)[C@H](C)[C@@H](OC2O[C@H](C)C[C@H]([N+](C)(C)[O-])[C@H]2O)C(C)(C)C[C@@H](C)/C(=N/O)[C@H](C)[C@@H](O)[C@]1(C)O. The molecular weight excluding hydrogens is 692 g/mol.